The van der Waals surface area contributed by atoms with E-state index in [0.717, 1.165) is 13.0 Å². The molecular weight excluding hydrogens is 220 g/mol. The molecule has 5 nitrogen and oxygen atoms in total. The van der Waals surface area contributed by atoms with Gasteiger partial charge in [-0.3, -0.25) is 4.79 Å². The molecule has 0 unspecified atom stereocenters. The van der Waals surface area contributed by atoms with Crippen molar-refractivity contribution in [2.75, 3.05) is 13.1 Å². The summed E-state index contributed by atoms with van der Waals surface area (Å²) in [4.78, 5) is 22.4. The first-order chi connectivity index (χ1) is 8.25. The van der Waals surface area contributed by atoms with Gasteiger partial charge in [-0.2, -0.15) is 0 Å². The van der Waals surface area contributed by atoms with E-state index in [2.05, 4.69) is 15.1 Å². The fourth-order valence-electron chi connectivity index (χ4n) is 1.95. The number of carbonyl (C=O) groups excluding carboxylic acids is 1. The molecule has 92 valence electrons. The van der Waals surface area contributed by atoms with Gasteiger partial charge in [0, 0.05) is 18.7 Å². The van der Waals surface area contributed by atoms with Crippen LogP contribution < -0.4 is 16.3 Å². The van der Waals surface area contributed by atoms with Gasteiger partial charge in [0.05, 0.1) is 5.56 Å². The number of hydrogen-bond donors (Lipinski definition) is 2. The van der Waals surface area contributed by atoms with Crippen molar-refractivity contribution in [3.8, 4) is 0 Å². The van der Waals surface area contributed by atoms with Gasteiger partial charge >= 0.3 is 5.63 Å². The van der Waals surface area contributed by atoms with Crippen molar-refractivity contribution < 1.29 is 9.21 Å². The number of hydrogen-bond acceptors (Lipinski definition) is 4. The SMILES string of the molecule is O=C(NCC[C@H]1CCCN1)c1ccc(=O)oc1. The highest BCUT2D eigenvalue weighted by Crippen LogP contribution is 2.07. The average Bonchev–Trinajstić information content (AvgIpc) is 2.83. The fraction of sp³-hybridized carbons (Fsp3) is 0.500. The van der Waals surface area contributed by atoms with Crippen molar-refractivity contribution >= 4 is 5.91 Å². The maximum atomic E-state index is 11.6. The van der Waals surface area contributed by atoms with Gasteiger partial charge in [0.2, 0.25) is 0 Å². The minimum absolute atomic E-state index is 0.202. The van der Waals surface area contributed by atoms with E-state index in [1.807, 2.05) is 0 Å². The molecule has 0 radical (unpaired) electrons. The van der Waals surface area contributed by atoms with Crippen LogP contribution in [0.4, 0.5) is 0 Å². The Bertz CT molecular complexity index is 415. The van der Waals surface area contributed by atoms with Gasteiger partial charge in [0.25, 0.3) is 5.91 Å². The molecule has 1 aromatic heterocycles. The summed E-state index contributed by atoms with van der Waals surface area (Å²) in [5.74, 6) is -0.202. The first-order valence-corrected chi connectivity index (χ1v) is 5.86. The van der Waals surface area contributed by atoms with Gasteiger partial charge in [0.1, 0.15) is 6.26 Å². The van der Waals surface area contributed by atoms with E-state index in [-0.39, 0.29) is 5.91 Å². The quantitative estimate of drug-likeness (QED) is 0.799. The zero-order chi connectivity index (χ0) is 12.1. The highest BCUT2D eigenvalue weighted by molar-refractivity contribution is 5.93. The van der Waals surface area contributed by atoms with Crippen molar-refractivity contribution in [2.45, 2.75) is 25.3 Å². The van der Waals surface area contributed by atoms with Crippen LogP contribution in [-0.2, 0) is 0 Å². The third-order valence-corrected chi connectivity index (χ3v) is 2.90. The summed E-state index contributed by atoms with van der Waals surface area (Å²) in [6.45, 7) is 1.71. The predicted molar refractivity (Wildman–Crippen MR) is 63.0 cm³/mol. The Labute approximate surface area is 99.2 Å². The minimum Gasteiger partial charge on any atom is -0.430 e. The zero-order valence-corrected chi connectivity index (χ0v) is 9.57. The van der Waals surface area contributed by atoms with Crippen LogP contribution in [0.15, 0.2) is 27.6 Å². The van der Waals surface area contributed by atoms with Gasteiger partial charge in [-0.05, 0) is 31.9 Å². The van der Waals surface area contributed by atoms with E-state index in [0.29, 0.717) is 18.2 Å². The summed E-state index contributed by atoms with van der Waals surface area (Å²) in [5, 5.41) is 6.17. The summed E-state index contributed by atoms with van der Waals surface area (Å²) in [6, 6.07) is 3.23. The zero-order valence-electron chi connectivity index (χ0n) is 9.57. The molecular formula is C12H16N2O3. The summed E-state index contributed by atoms with van der Waals surface area (Å²) >= 11 is 0. The Morgan fingerprint density at radius 3 is 3.06 bits per heavy atom. The normalized spacial score (nSPS) is 19.2. The molecule has 0 spiro atoms. The molecule has 0 aromatic carbocycles. The van der Waals surface area contributed by atoms with E-state index in [4.69, 9.17) is 0 Å². The molecule has 2 N–H and O–H groups in total. The van der Waals surface area contributed by atoms with Gasteiger partial charge < -0.3 is 15.1 Å². The molecule has 17 heavy (non-hydrogen) atoms. The molecule has 5 heteroatoms. The van der Waals surface area contributed by atoms with Crippen molar-refractivity contribution in [1.82, 2.24) is 10.6 Å². The molecule has 1 aliphatic rings. The summed E-state index contributed by atoms with van der Waals surface area (Å²) in [6.07, 6.45) is 4.51. The molecule has 1 aliphatic heterocycles. The van der Waals surface area contributed by atoms with E-state index < -0.39 is 5.63 Å². The highest BCUT2D eigenvalue weighted by atomic mass is 16.4. The number of nitrogens with one attached hydrogen (secondary N) is 2. The largest absolute Gasteiger partial charge is 0.430 e. The van der Waals surface area contributed by atoms with E-state index in [9.17, 15) is 9.59 Å². The molecule has 1 saturated heterocycles. The summed E-state index contributed by atoms with van der Waals surface area (Å²) < 4.78 is 4.63. The van der Waals surface area contributed by atoms with Gasteiger partial charge in [-0.15, -0.1) is 0 Å². The lowest BCUT2D eigenvalue weighted by Crippen LogP contribution is -2.30. The Hall–Kier alpha value is -1.62. The van der Waals surface area contributed by atoms with E-state index in [1.165, 1.54) is 31.2 Å². The summed E-state index contributed by atoms with van der Waals surface area (Å²) in [7, 11) is 0. The third-order valence-electron chi connectivity index (χ3n) is 2.90. The van der Waals surface area contributed by atoms with Crippen LogP contribution in [0.2, 0.25) is 0 Å². The van der Waals surface area contributed by atoms with Crippen molar-refractivity contribution in [3.05, 3.63) is 34.4 Å². The molecule has 1 atom stereocenters. The molecule has 2 rings (SSSR count). The highest BCUT2D eigenvalue weighted by Gasteiger charge is 2.14. The van der Waals surface area contributed by atoms with Crippen LogP contribution in [0.25, 0.3) is 0 Å². The number of carbonyl (C=O) groups is 1. The Morgan fingerprint density at radius 1 is 1.53 bits per heavy atom. The monoisotopic (exact) mass is 236 g/mol. The van der Waals surface area contributed by atoms with Gasteiger partial charge in [-0.1, -0.05) is 0 Å². The van der Waals surface area contributed by atoms with Gasteiger partial charge in [-0.25, -0.2) is 4.79 Å². The topological polar surface area (TPSA) is 71.3 Å². The molecule has 0 saturated carbocycles. The number of rotatable bonds is 4. The number of amides is 1. The first-order valence-electron chi connectivity index (χ1n) is 5.86. The molecule has 1 fully saturated rings. The van der Waals surface area contributed by atoms with Crippen LogP contribution in [0, 0.1) is 0 Å². The second kappa shape index (κ2) is 5.63. The summed E-state index contributed by atoms with van der Waals surface area (Å²) in [5.41, 5.74) is -0.0688. The van der Waals surface area contributed by atoms with Gasteiger partial charge in [0.15, 0.2) is 0 Å². The smallest absolute Gasteiger partial charge is 0.335 e. The van der Waals surface area contributed by atoms with Crippen LogP contribution in [0.1, 0.15) is 29.6 Å². The van der Waals surface area contributed by atoms with Crippen molar-refractivity contribution in [3.63, 3.8) is 0 Å². The van der Waals surface area contributed by atoms with Crippen LogP contribution in [0.5, 0.6) is 0 Å². The lowest BCUT2D eigenvalue weighted by atomic mass is 10.1. The van der Waals surface area contributed by atoms with Crippen molar-refractivity contribution in [2.24, 2.45) is 0 Å². The van der Waals surface area contributed by atoms with E-state index in [1.54, 1.807) is 0 Å². The predicted octanol–water partition coefficient (Wildman–Crippen LogP) is 0.512. The standard InChI is InChI=1S/C12H16N2O3/c15-11-4-3-9(8-17-11)12(16)14-7-5-10-2-1-6-13-10/h3-4,8,10,13H,1-2,5-7H2,(H,14,16)/t10-/m1/s1. The first kappa shape index (κ1) is 11.9. The Morgan fingerprint density at radius 2 is 2.41 bits per heavy atom. The van der Waals surface area contributed by atoms with Crippen molar-refractivity contribution in [1.29, 1.82) is 0 Å². The lowest BCUT2D eigenvalue weighted by molar-refractivity contribution is 0.0950. The Kier molecular flexibility index (Phi) is 3.93. The molecule has 0 bridgehead atoms. The fourth-order valence-corrected chi connectivity index (χ4v) is 1.95. The average molecular weight is 236 g/mol. The van der Waals surface area contributed by atoms with Crippen LogP contribution >= 0.6 is 0 Å². The third kappa shape index (κ3) is 3.42. The maximum Gasteiger partial charge on any atom is 0.335 e. The second-order valence-electron chi connectivity index (χ2n) is 4.18. The second-order valence-corrected chi connectivity index (χ2v) is 4.18. The maximum absolute atomic E-state index is 11.6. The van der Waals surface area contributed by atoms with E-state index >= 15 is 0 Å². The molecule has 1 amide bonds. The lowest BCUT2D eigenvalue weighted by Gasteiger charge is -2.10. The Balaban J connectivity index is 1.76. The molecule has 1 aromatic rings. The minimum atomic E-state index is -0.447. The molecule has 0 aliphatic carbocycles. The van der Waals surface area contributed by atoms with Crippen LogP contribution in [-0.4, -0.2) is 25.0 Å². The van der Waals surface area contributed by atoms with Crippen LogP contribution in [0.3, 0.4) is 0 Å². The molecule has 2 heterocycles.